The molecule has 1 aromatic heterocycles. The normalized spacial score (nSPS) is 13.1. The summed E-state index contributed by atoms with van der Waals surface area (Å²) in [7, 11) is -3.77. The summed E-state index contributed by atoms with van der Waals surface area (Å²) < 4.78 is 29.0. The van der Waals surface area contributed by atoms with Gasteiger partial charge in [0.1, 0.15) is 5.82 Å². The second-order valence-electron chi connectivity index (χ2n) is 4.78. The van der Waals surface area contributed by atoms with Gasteiger partial charge in [0.15, 0.2) is 5.03 Å². The Bertz CT molecular complexity index is 736. The smallest absolute Gasteiger partial charge is 0.280 e. The Kier molecular flexibility index (Phi) is 4.34. The highest BCUT2D eigenvalue weighted by Crippen LogP contribution is 2.24. The minimum atomic E-state index is -3.77. The number of aryl methyl sites for hydroxylation is 2. The first-order chi connectivity index (χ1) is 9.85. The lowest BCUT2D eigenvalue weighted by molar-refractivity contribution is 0.200. The fourth-order valence-electron chi connectivity index (χ4n) is 2.08. The van der Waals surface area contributed by atoms with Gasteiger partial charge in [-0.1, -0.05) is 18.2 Å². The average Bonchev–Trinajstić information content (AvgIpc) is 2.81. The van der Waals surface area contributed by atoms with Crippen LogP contribution in [0.2, 0.25) is 0 Å². The molecule has 0 amide bonds. The molecule has 0 aliphatic rings. The molecule has 2 rings (SSSR count). The molecule has 21 heavy (non-hydrogen) atoms. The fraction of sp³-hybridized carbons (Fsp3) is 0.357. The Morgan fingerprint density at radius 2 is 2.05 bits per heavy atom. The number of imidazole rings is 1. The van der Waals surface area contributed by atoms with Crippen LogP contribution in [0.25, 0.3) is 0 Å². The Hall–Kier alpha value is -1.86. The number of benzene rings is 1. The minimum absolute atomic E-state index is 0.0257. The number of hydrogen-bond donors (Lipinski definition) is 2. The molecule has 0 saturated carbocycles. The lowest BCUT2D eigenvalue weighted by Crippen LogP contribution is -2.15. The predicted molar refractivity (Wildman–Crippen MR) is 80.5 cm³/mol. The third kappa shape index (κ3) is 3.25. The van der Waals surface area contributed by atoms with Crippen LogP contribution in [0.3, 0.4) is 0 Å². The van der Waals surface area contributed by atoms with E-state index < -0.39 is 16.1 Å². The van der Waals surface area contributed by atoms with Gasteiger partial charge >= 0.3 is 0 Å². The summed E-state index contributed by atoms with van der Waals surface area (Å²) in [6.45, 7) is 5.91. The van der Waals surface area contributed by atoms with Crippen molar-refractivity contribution in [3.63, 3.8) is 0 Å². The molecule has 0 bridgehead atoms. The third-order valence-electron chi connectivity index (χ3n) is 3.23. The van der Waals surface area contributed by atoms with E-state index >= 15 is 0 Å². The van der Waals surface area contributed by atoms with Crippen LogP contribution >= 0.6 is 0 Å². The highest BCUT2D eigenvalue weighted by molar-refractivity contribution is 7.92. The summed E-state index contributed by atoms with van der Waals surface area (Å²) in [5.41, 5.74) is 0.879. The molecule has 2 aromatic rings. The fourth-order valence-corrected chi connectivity index (χ4v) is 3.18. The molecule has 1 atom stereocenters. The van der Waals surface area contributed by atoms with Gasteiger partial charge in [-0.15, -0.1) is 0 Å². The standard InChI is InChI=1S/C14H19N3O3S/c1-4-17-9-14(15-11(17)3)21(19,20)16-13-8-6-5-7-12(13)10(2)18/h5-10,16,18H,4H2,1-3H3. The van der Waals surface area contributed by atoms with Crippen molar-refractivity contribution in [2.75, 3.05) is 4.72 Å². The summed E-state index contributed by atoms with van der Waals surface area (Å²) in [5.74, 6) is 0.640. The lowest BCUT2D eigenvalue weighted by atomic mass is 10.1. The number of rotatable bonds is 5. The van der Waals surface area contributed by atoms with Crippen molar-refractivity contribution in [1.82, 2.24) is 9.55 Å². The van der Waals surface area contributed by atoms with Crippen LogP contribution in [-0.4, -0.2) is 23.1 Å². The number of hydrogen-bond acceptors (Lipinski definition) is 4. The number of nitrogens with one attached hydrogen (secondary N) is 1. The molecule has 0 saturated heterocycles. The van der Waals surface area contributed by atoms with E-state index in [2.05, 4.69) is 9.71 Å². The van der Waals surface area contributed by atoms with Gasteiger partial charge < -0.3 is 9.67 Å². The number of para-hydroxylation sites is 1. The molecular weight excluding hydrogens is 290 g/mol. The van der Waals surface area contributed by atoms with Gasteiger partial charge in [-0.3, -0.25) is 4.72 Å². The molecule has 0 spiro atoms. The average molecular weight is 309 g/mol. The van der Waals surface area contributed by atoms with Gasteiger partial charge in [-0.25, -0.2) is 4.98 Å². The zero-order chi connectivity index (χ0) is 15.6. The van der Waals surface area contributed by atoms with E-state index in [0.29, 0.717) is 23.6 Å². The minimum Gasteiger partial charge on any atom is -0.389 e. The molecule has 2 N–H and O–H groups in total. The molecule has 7 heteroatoms. The maximum absolute atomic E-state index is 12.4. The van der Waals surface area contributed by atoms with Crippen LogP contribution in [0.5, 0.6) is 0 Å². The van der Waals surface area contributed by atoms with Crippen LogP contribution in [-0.2, 0) is 16.6 Å². The van der Waals surface area contributed by atoms with Crippen LogP contribution in [0.1, 0.15) is 31.3 Å². The number of anilines is 1. The monoisotopic (exact) mass is 309 g/mol. The van der Waals surface area contributed by atoms with Crippen molar-refractivity contribution in [1.29, 1.82) is 0 Å². The van der Waals surface area contributed by atoms with E-state index in [9.17, 15) is 13.5 Å². The van der Waals surface area contributed by atoms with Crippen molar-refractivity contribution in [2.45, 2.75) is 38.4 Å². The van der Waals surface area contributed by atoms with E-state index in [1.807, 2.05) is 6.92 Å². The Labute approximate surface area is 124 Å². The Balaban J connectivity index is 2.37. The van der Waals surface area contributed by atoms with E-state index in [4.69, 9.17) is 0 Å². The van der Waals surface area contributed by atoms with Crippen molar-refractivity contribution >= 4 is 15.7 Å². The summed E-state index contributed by atoms with van der Waals surface area (Å²) in [6.07, 6.45) is 0.738. The van der Waals surface area contributed by atoms with Crippen LogP contribution in [0.15, 0.2) is 35.5 Å². The topological polar surface area (TPSA) is 84.2 Å². The highest BCUT2D eigenvalue weighted by atomic mass is 32.2. The van der Waals surface area contributed by atoms with Crippen molar-refractivity contribution in [3.05, 3.63) is 41.9 Å². The number of aliphatic hydroxyl groups excluding tert-OH is 1. The van der Waals surface area contributed by atoms with Gasteiger partial charge in [0.2, 0.25) is 0 Å². The van der Waals surface area contributed by atoms with Crippen molar-refractivity contribution < 1.29 is 13.5 Å². The molecule has 0 radical (unpaired) electrons. The van der Waals surface area contributed by atoms with Gasteiger partial charge in [0, 0.05) is 18.3 Å². The van der Waals surface area contributed by atoms with E-state index in [-0.39, 0.29) is 5.03 Å². The molecule has 1 aromatic carbocycles. The van der Waals surface area contributed by atoms with Crippen molar-refractivity contribution in [3.8, 4) is 0 Å². The quantitative estimate of drug-likeness (QED) is 0.885. The first-order valence-corrected chi connectivity index (χ1v) is 8.17. The largest absolute Gasteiger partial charge is 0.389 e. The Morgan fingerprint density at radius 3 is 2.62 bits per heavy atom. The molecule has 0 aliphatic heterocycles. The summed E-state index contributed by atoms with van der Waals surface area (Å²) in [6, 6.07) is 6.75. The predicted octanol–water partition coefficient (Wildman–Crippen LogP) is 2.07. The van der Waals surface area contributed by atoms with Gasteiger partial charge in [0.05, 0.1) is 11.8 Å². The molecule has 6 nitrogen and oxygen atoms in total. The first kappa shape index (κ1) is 15.5. The first-order valence-electron chi connectivity index (χ1n) is 6.68. The second kappa shape index (κ2) is 5.87. The molecular formula is C14H19N3O3S. The maximum Gasteiger partial charge on any atom is 0.280 e. The zero-order valence-electron chi connectivity index (χ0n) is 12.2. The van der Waals surface area contributed by atoms with Gasteiger partial charge in [-0.2, -0.15) is 8.42 Å². The zero-order valence-corrected chi connectivity index (χ0v) is 13.1. The number of aliphatic hydroxyl groups is 1. The molecule has 114 valence electrons. The number of nitrogens with zero attached hydrogens (tertiary/aromatic N) is 2. The molecule has 0 aliphatic carbocycles. The second-order valence-corrected chi connectivity index (χ2v) is 6.41. The SMILES string of the molecule is CCn1cc(S(=O)(=O)Nc2ccccc2C(C)O)nc1C. The van der Waals surface area contributed by atoms with Gasteiger partial charge in [-0.05, 0) is 26.8 Å². The molecule has 1 unspecified atom stereocenters. The summed E-state index contributed by atoms with van der Waals surface area (Å²) in [4.78, 5) is 4.07. The van der Waals surface area contributed by atoms with Crippen LogP contribution in [0.4, 0.5) is 5.69 Å². The molecule has 0 fully saturated rings. The van der Waals surface area contributed by atoms with E-state index in [1.165, 1.54) is 6.20 Å². The van der Waals surface area contributed by atoms with Gasteiger partial charge in [0.25, 0.3) is 10.0 Å². The van der Waals surface area contributed by atoms with Crippen LogP contribution in [0, 0.1) is 6.92 Å². The maximum atomic E-state index is 12.4. The lowest BCUT2D eigenvalue weighted by Gasteiger charge is -2.13. The van der Waals surface area contributed by atoms with Crippen LogP contribution < -0.4 is 4.72 Å². The third-order valence-corrected chi connectivity index (χ3v) is 4.46. The number of sulfonamides is 1. The van der Waals surface area contributed by atoms with E-state index in [1.54, 1.807) is 42.7 Å². The Morgan fingerprint density at radius 1 is 1.38 bits per heavy atom. The highest BCUT2D eigenvalue weighted by Gasteiger charge is 2.21. The number of aromatic nitrogens is 2. The molecule has 1 heterocycles. The summed E-state index contributed by atoms with van der Waals surface area (Å²) in [5, 5.41) is 9.68. The summed E-state index contributed by atoms with van der Waals surface area (Å²) >= 11 is 0. The van der Waals surface area contributed by atoms with E-state index in [0.717, 1.165) is 0 Å². The van der Waals surface area contributed by atoms with Crippen molar-refractivity contribution in [2.24, 2.45) is 0 Å².